The van der Waals surface area contributed by atoms with Gasteiger partial charge in [0.15, 0.2) is 0 Å². The van der Waals surface area contributed by atoms with Gasteiger partial charge in [0, 0.05) is 0 Å². The van der Waals surface area contributed by atoms with Gasteiger partial charge in [0.05, 0.1) is 15.1 Å². The van der Waals surface area contributed by atoms with E-state index in [0.29, 0.717) is 5.56 Å². The molecule has 2 aromatic rings. The van der Waals surface area contributed by atoms with Crippen molar-refractivity contribution in [3.05, 3.63) is 57.8 Å². The summed E-state index contributed by atoms with van der Waals surface area (Å²) in [5.74, 6) is -0.522. The predicted octanol–water partition coefficient (Wildman–Crippen LogP) is 4.01. The summed E-state index contributed by atoms with van der Waals surface area (Å²) < 4.78 is 40.6. The molecule has 0 radical (unpaired) electrons. The number of benzene rings is 2. The Labute approximate surface area is 126 Å². The van der Waals surface area contributed by atoms with Crippen molar-refractivity contribution in [2.24, 2.45) is 0 Å². The molecule has 0 aromatic heterocycles. The van der Waals surface area contributed by atoms with Gasteiger partial charge < -0.3 is 0 Å². The smallest absolute Gasteiger partial charge is 0.262 e. The Bertz CT molecular complexity index is 760. The highest BCUT2D eigenvalue weighted by atomic mass is 79.9. The van der Waals surface area contributed by atoms with Crippen LogP contribution in [0.15, 0.2) is 45.8 Å². The summed E-state index contributed by atoms with van der Waals surface area (Å²) in [6, 6.07) is 9.14. The number of nitrogens with one attached hydrogen (secondary N) is 1. The first-order valence-electron chi connectivity index (χ1n) is 5.85. The fourth-order valence-corrected chi connectivity index (χ4v) is 3.39. The molecule has 0 fully saturated rings. The first-order valence-corrected chi connectivity index (χ1v) is 8.12. The van der Waals surface area contributed by atoms with Gasteiger partial charge >= 0.3 is 0 Å². The standard InChI is InChI=1S/C14H13BrFNO2S/c1-9-3-6-14(10(2)7-9)20(18,19)17-11-4-5-12(15)13(16)8-11/h3-8,17H,1-2H3. The Morgan fingerprint density at radius 3 is 2.40 bits per heavy atom. The number of rotatable bonds is 3. The zero-order chi connectivity index (χ0) is 14.9. The van der Waals surface area contributed by atoms with Crippen LogP contribution in [0.4, 0.5) is 10.1 Å². The third kappa shape index (κ3) is 3.19. The molecule has 0 bridgehead atoms. The summed E-state index contributed by atoms with van der Waals surface area (Å²) in [5, 5.41) is 0. The maximum absolute atomic E-state index is 13.4. The number of sulfonamides is 1. The minimum atomic E-state index is -3.72. The van der Waals surface area contributed by atoms with Gasteiger partial charge in [0.25, 0.3) is 10.0 Å². The van der Waals surface area contributed by atoms with Crippen LogP contribution in [0.5, 0.6) is 0 Å². The van der Waals surface area contributed by atoms with Crippen molar-refractivity contribution in [1.82, 2.24) is 0 Å². The average molecular weight is 358 g/mol. The Hall–Kier alpha value is -1.40. The Kier molecular flexibility index (Phi) is 4.15. The van der Waals surface area contributed by atoms with Gasteiger partial charge in [0.2, 0.25) is 0 Å². The van der Waals surface area contributed by atoms with Crippen molar-refractivity contribution in [1.29, 1.82) is 0 Å². The highest BCUT2D eigenvalue weighted by Crippen LogP contribution is 2.23. The number of hydrogen-bond acceptors (Lipinski definition) is 2. The molecule has 0 spiro atoms. The Balaban J connectivity index is 2.38. The van der Waals surface area contributed by atoms with Gasteiger partial charge in [-0.3, -0.25) is 4.72 Å². The summed E-state index contributed by atoms with van der Waals surface area (Å²) in [5.41, 5.74) is 1.82. The highest BCUT2D eigenvalue weighted by molar-refractivity contribution is 9.10. The van der Waals surface area contributed by atoms with Gasteiger partial charge in [-0.15, -0.1) is 0 Å². The van der Waals surface area contributed by atoms with Crippen LogP contribution in [-0.2, 0) is 10.0 Å². The molecule has 2 aromatic carbocycles. The topological polar surface area (TPSA) is 46.2 Å². The van der Waals surface area contributed by atoms with E-state index in [2.05, 4.69) is 20.7 Å². The maximum atomic E-state index is 13.4. The molecule has 1 N–H and O–H groups in total. The van der Waals surface area contributed by atoms with Crippen LogP contribution in [0, 0.1) is 19.7 Å². The summed E-state index contributed by atoms with van der Waals surface area (Å²) >= 11 is 3.02. The van der Waals surface area contributed by atoms with E-state index in [1.54, 1.807) is 25.1 Å². The molecule has 3 nitrogen and oxygen atoms in total. The number of anilines is 1. The van der Waals surface area contributed by atoms with Crippen molar-refractivity contribution in [3.63, 3.8) is 0 Å². The molecule has 0 aliphatic heterocycles. The molecule has 0 heterocycles. The van der Waals surface area contributed by atoms with E-state index in [0.717, 1.165) is 11.6 Å². The van der Waals surface area contributed by atoms with Crippen molar-refractivity contribution in [2.75, 3.05) is 4.72 Å². The summed E-state index contributed by atoms with van der Waals surface area (Å²) in [6.07, 6.45) is 0. The second-order valence-electron chi connectivity index (χ2n) is 4.50. The molecule has 106 valence electrons. The van der Waals surface area contributed by atoms with E-state index >= 15 is 0 Å². The van der Waals surface area contributed by atoms with Gasteiger partial charge in [0.1, 0.15) is 5.82 Å². The predicted molar refractivity (Wildman–Crippen MR) is 80.8 cm³/mol. The fourth-order valence-electron chi connectivity index (χ4n) is 1.87. The minimum absolute atomic E-state index is 0.186. The van der Waals surface area contributed by atoms with E-state index in [1.807, 2.05) is 6.92 Å². The second kappa shape index (κ2) is 5.54. The van der Waals surface area contributed by atoms with E-state index in [9.17, 15) is 12.8 Å². The average Bonchev–Trinajstić information content (AvgIpc) is 2.33. The summed E-state index contributed by atoms with van der Waals surface area (Å²) in [7, 11) is -3.72. The molecule has 2 rings (SSSR count). The Morgan fingerprint density at radius 1 is 1.10 bits per heavy atom. The molecular weight excluding hydrogens is 345 g/mol. The van der Waals surface area contributed by atoms with Crippen molar-refractivity contribution < 1.29 is 12.8 Å². The van der Waals surface area contributed by atoms with Crippen LogP contribution >= 0.6 is 15.9 Å². The van der Waals surface area contributed by atoms with Gasteiger partial charge in [-0.2, -0.15) is 0 Å². The molecule has 0 atom stereocenters. The van der Waals surface area contributed by atoms with Crippen LogP contribution < -0.4 is 4.72 Å². The molecule has 0 aliphatic rings. The van der Waals surface area contributed by atoms with Crippen LogP contribution in [-0.4, -0.2) is 8.42 Å². The fraction of sp³-hybridized carbons (Fsp3) is 0.143. The molecule has 0 unspecified atom stereocenters. The van der Waals surface area contributed by atoms with Crippen molar-refractivity contribution in [3.8, 4) is 0 Å². The molecular formula is C14H13BrFNO2S. The highest BCUT2D eigenvalue weighted by Gasteiger charge is 2.17. The number of halogens is 2. The van der Waals surface area contributed by atoms with E-state index < -0.39 is 15.8 Å². The third-order valence-corrected chi connectivity index (χ3v) is 4.98. The Morgan fingerprint density at radius 2 is 1.80 bits per heavy atom. The number of aryl methyl sites for hydroxylation is 2. The quantitative estimate of drug-likeness (QED) is 0.901. The second-order valence-corrected chi connectivity index (χ2v) is 7.01. The van der Waals surface area contributed by atoms with Gasteiger partial charge in [-0.05, 0) is 59.6 Å². The van der Waals surface area contributed by atoms with E-state index in [4.69, 9.17) is 0 Å². The monoisotopic (exact) mass is 357 g/mol. The lowest BCUT2D eigenvalue weighted by atomic mass is 10.2. The van der Waals surface area contributed by atoms with Gasteiger partial charge in [-0.1, -0.05) is 17.7 Å². The van der Waals surface area contributed by atoms with E-state index in [-0.39, 0.29) is 15.1 Å². The van der Waals surface area contributed by atoms with Crippen molar-refractivity contribution in [2.45, 2.75) is 18.7 Å². The number of hydrogen-bond donors (Lipinski definition) is 1. The van der Waals surface area contributed by atoms with Crippen LogP contribution in [0.3, 0.4) is 0 Å². The summed E-state index contributed by atoms with van der Waals surface area (Å²) in [4.78, 5) is 0.187. The third-order valence-electron chi connectivity index (χ3n) is 2.79. The van der Waals surface area contributed by atoms with E-state index in [1.165, 1.54) is 12.1 Å². The zero-order valence-electron chi connectivity index (χ0n) is 10.9. The van der Waals surface area contributed by atoms with Crippen LogP contribution in [0.25, 0.3) is 0 Å². The summed E-state index contributed by atoms with van der Waals surface area (Å²) in [6.45, 7) is 3.62. The zero-order valence-corrected chi connectivity index (χ0v) is 13.3. The maximum Gasteiger partial charge on any atom is 0.262 e. The molecule has 0 aliphatic carbocycles. The lowest BCUT2D eigenvalue weighted by Crippen LogP contribution is -2.14. The lowest BCUT2D eigenvalue weighted by Gasteiger charge is -2.11. The first-order chi connectivity index (χ1) is 9.29. The molecule has 0 amide bonds. The molecule has 0 saturated heterocycles. The van der Waals surface area contributed by atoms with Crippen LogP contribution in [0.1, 0.15) is 11.1 Å². The van der Waals surface area contributed by atoms with Crippen molar-refractivity contribution >= 4 is 31.6 Å². The largest absolute Gasteiger partial charge is 0.280 e. The van der Waals surface area contributed by atoms with Gasteiger partial charge in [-0.25, -0.2) is 12.8 Å². The molecule has 20 heavy (non-hydrogen) atoms. The lowest BCUT2D eigenvalue weighted by molar-refractivity contribution is 0.600. The SMILES string of the molecule is Cc1ccc(S(=O)(=O)Nc2ccc(Br)c(F)c2)c(C)c1. The molecule has 0 saturated carbocycles. The normalized spacial score (nSPS) is 11.4. The van der Waals surface area contributed by atoms with Crippen LogP contribution in [0.2, 0.25) is 0 Å². The minimum Gasteiger partial charge on any atom is -0.280 e. The molecule has 6 heteroatoms. The first kappa shape index (κ1) is 15.0.